The van der Waals surface area contributed by atoms with Crippen molar-refractivity contribution in [3.8, 4) is 28.6 Å². The lowest BCUT2D eigenvalue weighted by Gasteiger charge is -2.20. The predicted molar refractivity (Wildman–Crippen MR) is 108 cm³/mol. The number of nitrogens with one attached hydrogen (secondary N) is 1. The standard InChI is InChI=1S/C20H20N4O3S/c1-3-10-28-20-22-19-17(23-24-20)13-6-4-5-7-14(13)21-18(27-19)12-8-9-15(25)16(11-12)26-2/h4-9,11,18,21,25H,3,10H2,1-2H3. The van der Waals surface area contributed by atoms with E-state index in [2.05, 4.69) is 27.4 Å². The maximum absolute atomic E-state index is 9.90. The fraction of sp³-hybridized carbons (Fsp3) is 0.250. The number of nitrogens with zero attached hydrogens (tertiary/aromatic N) is 3. The molecule has 0 amide bonds. The van der Waals surface area contributed by atoms with E-state index in [9.17, 15) is 5.11 Å². The second-order valence-corrected chi connectivity index (χ2v) is 7.28. The number of hydrogen-bond acceptors (Lipinski definition) is 8. The van der Waals surface area contributed by atoms with E-state index >= 15 is 0 Å². The highest BCUT2D eigenvalue weighted by Crippen LogP contribution is 2.40. The molecular weight excluding hydrogens is 376 g/mol. The summed E-state index contributed by atoms with van der Waals surface area (Å²) in [5, 5.41) is 22.5. The van der Waals surface area contributed by atoms with E-state index in [4.69, 9.17) is 9.47 Å². The molecule has 0 bridgehead atoms. The fourth-order valence-electron chi connectivity index (χ4n) is 2.91. The molecule has 3 aromatic rings. The predicted octanol–water partition coefficient (Wildman–Crippen LogP) is 4.26. The van der Waals surface area contributed by atoms with Gasteiger partial charge in [0.05, 0.1) is 7.11 Å². The Bertz CT molecular complexity index is 999. The lowest BCUT2D eigenvalue weighted by molar-refractivity contribution is 0.224. The van der Waals surface area contributed by atoms with Gasteiger partial charge in [0.1, 0.15) is 0 Å². The van der Waals surface area contributed by atoms with Crippen LogP contribution >= 0.6 is 11.8 Å². The third kappa shape index (κ3) is 3.55. The zero-order valence-corrected chi connectivity index (χ0v) is 16.4. The molecule has 8 heteroatoms. The number of methoxy groups -OCH3 is 1. The highest BCUT2D eigenvalue weighted by Gasteiger charge is 2.26. The maximum atomic E-state index is 9.90. The smallest absolute Gasteiger partial charge is 0.247 e. The number of ether oxygens (including phenoxy) is 2. The van der Waals surface area contributed by atoms with Gasteiger partial charge in [-0.05, 0) is 30.7 Å². The van der Waals surface area contributed by atoms with Gasteiger partial charge in [0.25, 0.3) is 0 Å². The normalized spacial score (nSPS) is 14.9. The SMILES string of the molecule is CCCSc1nnc2c(n1)OC(c1ccc(O)c(OC)c1)Nc1ccccc1-2. The molecular formula is C20H20N4O3S. The Morgan fingerprint density at radius 3 is 2.89 bits per heavy atom. The van der Waals surface area contributed by atoms with Crippen LogP contribution in [0, 0.1) is 0 Å². The monoisotopic (exact) mass is 396 g/mol. The molecule has 144 valence electrons. The Balaban J connectivity index is 1.78. The summed E-state index contributed by atoms with van der Waals surface area (Å²) in [5.41, 5.74) is 3.12. The van der Waals surface area contributed by atoms with Crippen LogP contribution in [0.4, 0.5) is 5.69 Å². The van der Waals surface area contributed by atoms with Gasteiger partial charge in [0.15, 0.2) is 23.4 Å². The third-order valence-electron chi connectivity index (χ3n) is 4.28. The van der Waals surface area contributed by atoms with Crippen LogP contribution in [0.5, 0.6) is 17.4 Å². The second kappa shape index (κ2) is 7.93. The first kappa shape index (κ1) is 18.4. The first-order valence-corrected chi connectivity index (χ1v) is 9.95. The van der Waals surface area contributed by atoms with Crippen molar-refractivity contribution in [2.24, 2.45) is 0 Å². The summed E-state index contributed by atoms with van der Waals surface area (Å²) in [7, 11) is 1.51. The Hall–Kier alpha value is -3.00. The van der Waals surface area contributed by atoms with Crippen molar-refractivity contribution in [2.45, 2.75) is 24.7 Å². The molecule has 1 unspecified atom stereocenters. The van der Waals surface area contributed by atoms with Crippen molar-refractivity contribution in [1.82, 2.24) is 15.2 Å². The summed E-state index contributed by atoms with van der Waals surface area (Å²) in [4.78, 5) is 4.59. The van der Waals surface area contributed by atoms with Crippen LogP contribution < -0.4 is 14.8 Å². The van der Waals surface area contributed by atoms with E-state index < -0.39 is 6.23 Å². The Labute approximate surface area is 167 Å². The number of phenols is 1. The summed E-state index contributed by atoms with van der Waals surface area (Å²) in [6.45, 7) is 2.11. The molecule has 4 rings (SSSR count). The number of thioether (sulfide) groups is 1. The largest absolute Gasteiger partial charge is 0.504 e. The van der Waals surface area contributed by atoms with Gasteiger partial charge in [-0.3, -0.25) is 0 Å². The van der Waals surface area contributed by atoms with Crippen LogP contribution in [0.1, 0.15) is 25.1 Å². The number of aromatic hydroxyl groups is 1. The molecule has 0 saturated carbocycles. The number of rotatable bonds is 5. The maximum Gasteiger partial charge on any atom is 0.247 e. The summed E-state index contributed by atoms with van der Waals surface area (Å²) in [5.74, 6) is 1.78. The zero-order valence-electron chi connectivity index (χ0n) is 15.5. The molecule has 1 aliphatic rings. The number of phenolic OH excluding ortho intramolecular Hbond substituents is 1. The van der Waals surface area contributed by atoms with Crippen LogP contribution in [-0.2, 0) is 0 Å². The van der Waals surface area contributed by atoms with E-state index in [1.54, 1.807) is 30.0 Å². The Morgan fingerprint density at radius 1 is 1.21 bits per heavy atom. The van der Waals surface area contributed by atoms with Gasteiger partial charge < -0.3 is 19.9 Å². The highest BCUT2D eigenvalue weighted by atomic mass is 32.2. The zero-order chi connectivity index (χ0) is 19.5. The molecule has 0 aliphatic carbocycles. The molecule has 7 nitrogen and oxygen atoms in total. The topological polar surface area (TPSA) is 89.4 Å². The molecule has 0 radical (unpaired) electrons. The van der Waals surface area contributed by atoms with Crippen molar-refractivity contribution in [1.29, 1.82) is 0 Å². The quantitative estimate of drug-likeness (QED) is 0.619. The average Bonchev–Trinajstić information content (AvgIpc) is 2.89. The minimum absolute atomic E-state index is 0.0721. The van der Waals surface area contributed by atoms with Gasteiger partial charge in [-0.25, -0.2) is 0 Å². The number of fused-ring (bicyclic) bond motifs is 3. The molecule has 0 spiro atoms. The van der Waals surface area contributed by atoms with Gasteiger partial charge in [-0.1, -0.05) is 36.9 Å². The van der Waals surface area contributed by atoms with Gasteiger partial charge in [-0.2, -0.15) is 4.98 Å². The van der Waals surface area contributed by atoms with Crippen molar-refractivity contribution in [3.05, 3.63) is 48.0 Å². The van der Waals surface area contributed by atoms with Crippen molar-refractivity contribution in [3.63, 3.8) is 0 Å². The number of anilines is 1. The van der Waals surface area contributed by atoms with Gasteiger partial charge in [-0.15, -0.1) is 10.2 Å². The minimum Gasteiger partial charge on any atom is -0.504 e. The van der Waals surface area contributed by atoms with Crippen LogP contribution in [-0.4, -0.2) is 33.2 Å². The van der Waals surface area contributed by atoms with Gasteiger partial charge >= 0.3 is 0 Å². The van der Waals surface area contributed by atoms with Crippen molar-refractivity contribution >= 4 is 17.4 Å². The van der Waals surface area contributed by atoms with E-state index in [1.165, 1.54) is 7.11 Å². The van der Waals surface area contributed by atoms with E-state index in [0.717, 1.165) is 29.0 Å². The fourth-order valence-corrected chi connectivity index (χ4v) is 3.54. The third-order valence-corrected chi connectivity index (χ3v) is 5.32. The number of aromatic nitrogens is 3. The van der Waals surface area contributed by atoms with Crippen molar-refractivity contribution < 1.29 is 14.6 Å². The van der Waals surface area contributed by atoms with Gasteiger partial charge in [0, 0.05) is 22.6 Å². The summed E-state index contributed by atoms with van der Waals surface area (Å²) < 4.78 is 11.4. The molecule has 1 aliphatic heterocycles. The second-order valence-electron chi connectivity index (χ2n) is 6.22. The lowest BCUT2D eigenvalue weighted by atomic mass is 10.1. The van der Waals surface area contributed by atoms with E-state index in [-0.39, 0.29) is 5.75 Å². The molecule has 2 N–H and O–H groups in total. The average molecular weight is 396 g/mol. The van der Waals surface area contributed by atoms with Gasteiger partial charge in [0.2, 0.25) is 11.0 Å². The first-order chi connectivity index (χ1) is 13.7. The summed E-state index contributed by atoms with van der Waals surface area (Å²) in [6.07, 6.45) is 0.490. The lowest BCUT2D eigenvalue weighted by Crippen LogP contribution is -2.17. The molecule has 1 atom stereocenters. The highest BCUT2D eigenvalue weighted by molar-refractivity contribution is 7.99. The molecule has 0 fully saturated rings. The Kier molecular flexibility index (Phi) is 5.21. The number of benzene rings is 2. The van der Waals surface area contributed by atoms with Crippen LogP contribution in [0.15, 0.2) is 47.6 Å². The van der Waals surface area contributed by atoms with Crippen LogP contribution in [0.2, 0.25) is 0 Å². The van der Waals surface area contributed by atoms with Crippen LogP contribution in [0.3, 0.4) is 0 Å². The number of hydrogen-bond donors (Lipinski definition) is 2. The summed E-state index contributed by atoms with van der Waals surface area (Å²) in [6, 6.07) is 12.9. The minimum atomic E-state index is -0.530. The number of para-hydroxylation sites is 1. The molecule has 2 heterocycles. The summed E-state index contributed by atoms with van der Waals surface area (Å²) >= 11 is 1.55. The molecule has 1 aromatic heterocycles. The van der Waals surface area contributed by atoms with Crippen molar-refractivity contribution in [2.75, 3.05) is 18.2 Å². The first-order valence-electron chi connectivity index (χ1n) is 8.96. The molecule has 0 saturated heterocycles. The molecule has 2 aromatic carbocycles. The molecule has 28 heavy (non-hydrogen) atoms. The Morgan fingerprint density at radius 2 is 2.07 bits per heavy atom. The van der Waals surface area contributed by atoms with Crippen LogP contribution in [0.25, 0.3) is 11.3 Å². The van der Waals surface area contributed by atoms with E-state index in [1.807, 2.05) is 24.3 Å². The van der Waals surface area contributed by atoms with E-state index in [0.29, 0.717) is 22.5 Å².